The molecule has 1 unspecified atom stereocenters. The van der Waals surface area contributed by atoms with Crippen LogP contribution >= 0.6 is 0 Å². The van der Waals surface area contributed by atoms with Crippen molar-refractivity contribution in [3.05, 3.63) is 23.8 Å². The van der Waals surface area contributed by atoms with E-state index in [2.05, 4.69) is 4.90 Å². The predicted molar refractivity (Wildman–Crippen MR) is 77.7 cm³/mol. The molecule has 3 heterocycles. The summed E-state index contributed by atoms with van der Waals surface area (Å²) in [6, 6.07) is 6.02. The molecule has 5 heteroatoms. The number of fused-ring (bicyclic) bond motifs is 2. The zero-order valence-corrected chi connectivity index (χ0v) is 12.1. The van der Waals surface area contributed by atoms with Gasteiger partial charge in [-0.25, -0.2) is 0 Å². The number of ether oxygens (including phenoxy) is 2. The van der Waals surface area contributed by atoms with Crippen molar-refractivity contribution in [2.75, 3.05) is 33.0 Å². The number of carbonyl (C=O) groups is 1. The molecule has 0 aliphatic carbocycles. The fourth-order valence-corrected chi connectivity index (χ4v) is 3.60. The van der Waals surface area contributed by atoms with E-state index >= 15 is 0 Å². The Bertz CT molecular complexity index is 560. The first-order valence-electron chi connectivity index (χ1n) is 7.74. The number of amides is 1. The van der Waals surface area contributed by atoms with E-state index < -0.39 is 0 Å². The van der Waals surface area contributed by atoms with Crippen molar-refractivity contribution in [1.29, 1.82) is 0 Å². The monoisotopic (exact) mass is 288 g/mol. The van der Waals surface area contributed by atoms with Crippen LogP contribution in [0.2, 0.25) is 0 Å². The van der Waals surface area contributed by atoms with Gasteiger partial charge in [0.1, 0.15) is 0 Å². The number of carbonyl (C=O) groups excluding carboxylic acids is 1. The summed E-state index contributed by atoms with van der Waals surface area (Å²) >= 11 is 0. The molecule has 0 N–H and O–H groups in total. The van der Waals surface area contributed by atoms with Gasteiger partial charge in [0, 0.05) is 31.2 Å². The quantitative estimate of drug-likeness (QED) is 0.789. The van der Waals surface area contributed by atoms with Crippen molar-refractivity contribution in [2.45, 2.75) is 25.3 Å². The molecule has 3 aliphatic rings. The second-order valence-electron chi connectivity index (χ2n) is 6.00. The summed E-state index contributed by atoms with van der Waals surface area (Å²) in [5.41, 5.74) is 0.700. The Hall–Kier alpha value is -1.75. The Balaban J connectivity index is 1.53. The molecule has 0 spiro atoms. The molecule has 112 valence electrons. The van der Waals surface area contributed by atoms with Crippen molar-refractivity contribution in [3.8, 4) is 11.5 Å². The van der Waals surface area contributed by atoms with E-state index in [4.69, 9.17) is 9.47 Å². The van der Waals surface area contributed by atoms with Gasteiger partial charge in [0.15, 0.2) is 11.5 Å². The van der Waals surface area contributed by atoms with Crippen LogP contribution < -0.4 is 9.47 Å². The second-order valence-corrected chi connectivity index (χ2v) is 6.00. The van der Waals surface area contributed by atoms with Crippen LogP contribution in [0.15, 0.2) is 18.2 Å². The third kappa shape index (κ3) is 2.35. The summed E-state index contributed by atoms with van der Waals surface area (Å²) in [4.78, 5) is 17.3. The number of benzene rings is 1. The summed E-state index contributed by atoms with van der Waals surface area (Å²) in [7, 11) is 0. The smallest absolute Gasteiger partial charge is 0.254 e. The van der Waals surface area contributed by atoms with Gasteiger partial charge in [0.05, 0.1) is 0 Å². The maximum absolute atomic E-state index is 12.8. The van der Waals surface area contributed by atoms with Crippen molar-refractivity contribution in [1.82, 2.24) is 9.80 Å². The lowest BCUT2D eigenvalue weighted by molar-refractivity contribution is 0.0743. The van der Waals surface area contributed by atoms with Gasteiger partial charge in [-0.15, -0.1) is 0 Å². The summed E-state index contributed by atoms with van der Waals surface area (Å²) in [6.07, 6.45) is 3.54. The van der Waals surface area contributed by atoms with E-state index in [0.29, 0.717) is 17.4 Å². The fraction of sp³-hybridized carbons (Fsp3) is 0.562. The van der Waals surface area contributed by atoms with Crippen molar-refractivity contribution in [3.63, 3.8) is 0 Å². The highest BCUT2D eigenvalue weighted by molar-refractivity contribution is 5.95. The lowest BCUT2D eigenvalue weighted by atomic mass is 10.1. The van der Waals surface area contributed by atoms with Gasteiger partial charge >= 0.3 is 0 Å². The maximum atomic E-state index is 12.8. The predicted octanol–water partition coefficient (Wildman–Crippen LogP) is 1.73. The van der Waals surface area contributed by atoms with Gasteiger partial charge in [0.2, 0.25) is 6.79 Å². The molecule has 5 nitrogen and oxygen atoms in total. The molecule has 1 amide bonds. The summed E-state index contributed by atoms with van der Waals surface area (Å²) in [5, 5.41) is 0. The molecule has 2 saturated heterocycles. The zero-order chi connectivity index (χ0) is 14.2. The Labute approximate surface area is 124 Å². The maximum Gasteiger partial charge on any atom is 0.254 e. The molecule has 0 radical (unpaired) electrons. The first-order valence-corrected chi connectivity index (χ1v) is 7.74. The van der Waals surface area contributed by atoms with Gasteiger partial charge in [-0.2, -0.15) is 0 Å². The first-order chi connectivity index (χ1) is 10.3. The molecule has 0 bridgehead atoms. The number of rotatable bonds is 1. The van der Waals surface area contributed by atoms with Crippen LogP contribution in [0.4, 0.5) is 0 Å². The topological polar surface area (TPSA) is 42.0 Å². The summed E-state index contributed by atoms with van der Waals surface area (Å²) < 4.78 is 10.7. The third-order valence-corrected chi connectivity index (χ3v) is 4.71. The van der Waals surface area contributed by atoms with Crippen LogP contribution in [0.3, 0.4) is 0 Å². The standard InChI is InChI=1S/C16H20N2O3/c19-16(12-4-5-14-15(9-12)21-11-20-14)18-8-2-7-17-6-1-3-13(17)10-18/h4-5,9,13H,1-3,6-8,10-11H2. The van der Waals surface area contributed by atoms with Crippen LogP contribution in [0.1, 0.15) is 29.6 Å². The Morgan fingerprint density at radius 1 is 1.10 bits per heavy atom. The molecule has 3 aliphatic heterocycles. The molecular formula is C16H20N2O3. The molecule has 0 saturated carbocycles. The molecule has 1 aromatic rings. The van der Waals surface area contributed by atoms with E-state index in [1.807, 2.05) is 23.1 Å². The average Bonchev–Trinajstić information content (AvgIpc) is 3.10. The molecule has 2 fully saturated rings. The van der Waals surface area contributed by atoms with E-state index in [0.717, 1.165) is 31.8 Å². The van der Waals surface area contributed by atoms with Gasteiger partial charge in [-0.3, -0.25) is 9.69 Å². The summed E-state index contributed by atoms with van der Waals surface area (Å²) in [5.74, 6) is 1.52. The average molecular weight is 288 g/mol. The molecule has 21 heavy (non-hydrogen) atoms. The van der Waals surface area contributed by atoms with Crippen molar-refractivity contribution < 1.29 is 14.3 Å². The van der Waals surface area contributed by atoms with Crippen LogP contribution in [0, 0.1) is 0 Å². The molecule has 0 aromatic heterocycles. The number of hydrogen-bond acceptors (Lipinski definition) is 4. The molecule has 4 rings (SSSR count). The van der Waals surface area contributed by atoms with E-state index in [1.54, 1.807) is 0 Å². The second kappa shape index (κ2) is 5.22. The van der Waals surface area contributed by atoms with Gasteiger partial charge in [-0.05, 0) is 44.0 Å². The van der Waals surface area contributed by atoms with Gasteiger partial charge in [0.25, 0.3) is 5.91 Å². The lowest BCUT2D eigenvalue weighted by Crippen LogP contribution is -2.39. The van der Waals surface area contributed by atoms with Gasteiger partial charge in [-0.1, -0.05) is 0 Å². The molecular weight excluding hydrogens is 268 g/mol. The van der Waals surface area contributed by atoms with E-state index in [-0.39, 0.29) is 12.7 Å². The van der Waals surface area contributed by atoms with E-state index in [1.165, 1.54) is 19.4 Å². The third-order valence-electron chi connectivity index (χ3n) is 4.71. The molecule has 1 aromatic carbocycles. The van der Waals surface area contributed by atoms with Crippen LogP contribution in [-0.2, 0) is 0 Å². The zero-order valence-electron chi connectivity index (χ0n) is 12.1. The van der Waals surface area contributed by atoms with Crippen LogP contribution in [0.25, 0.3) is 0 Å². The first kappa shape index (κ1) is 13.0. The van der Waals surface area contributed by atoms with Crippen molar-refractivity contribution in [2.24, 2.45) is 0 Å². The van der Waals surface area contributed by atoms with Gasteiger partial charge < -0.3 is 14.4 Å². The SMILES string of the molecule is O=C(c1ccc2c(c1)OCO2)N1CCCN2CCCC2C1. The highest BCUT2D eigenvalue weighted by Gasteiger charge is 2.31. The molecule has 1 atom stereocenters. The lowest BCUT2D eigenvalue weighted by Gasteiger charge is -2.25. The Kier molecular flexibility index (Phi) is 3.22. The number of nitrogens with zero attached hydrogens (tertiary/aromatic N) is 2. The Morgan fingerprint density at radius 2 is 1.95 bits per heavy atom. The van der Waals surface area contributed by atoms with Crippen molar-refractivity contribution >= 4 is 5.91 Å². The van der Waals surface area contributed by atoms with Crippen LogP contribution in [-0.4, -0.2) is 54.7 Å². The van der Waals surface area contributed by atoms with E-state index in [9.17, 15) is 4.79 Å². The largest absolute Gasteiger partial charge is 0.454 e. The summed E-state index contributed by atoms with van der Waals surface area (Å²) in [6.45, 7) is 4.26. The minimum Gasteiger partial charge on any atom is -0.454 e. The fourth-order valence-electron chi connectivity index (χ4n) is 3.60. The number of hydrogen-bond donors (Lipinski definition) is 0. The van der Waals surface area contributed by atoms with Crippen LogP contribution in [0.5, 0.6) is 11.5 Å². The highest BCUT2D eigenvalue weighted by atomic mass is 16.7. The minimum atomic E-state index is 0.113. The minimum absolute atomic E-state index is 0.113. The Morgan fingerprint density at radius 3 is 2.90 bits per heavy atom. The highest BCUT2D eigenvalue weighted by Crippen LogP contribution is 2.33. The normalized spacial score (nSPS) is 24.8.